The van der Waals surface area contributed by atoms with Crippen molar-refractivity contribution in [3.8, 4) is 11.5 Å². The average Bonchev–Trinajstić information content (AvgIpc) is 2.98. The SMILES string of the molecule is O=C(ON1C(=O)c2ccccc2C1=O)c1ccc(Oc2cccc(Cl)c2Cl)c(Cl)c1. The highest BCUT2D eigenvalue weighted by molar-refractivity contribution is 6.43. The summed E-state index contributed by atoms with van der Waals surface area (Å²) in [5, 5.41) is 1.04. The first kappa shape index (κ1) is 20.2. The monoisotopic (exact) mass is 461 g/mol. The second kappa shape index (κ2) is 7.99. The molecule has 0 atom stereocenters. The van der Waals surface area contributed by atoms with Crippen LogP contribution in [0.4, 0.5) is 0 Å². The van der Waals surface area contributed by atoms with Crippen molar-refractivity contribution in [2.24, 2.45) is 0 Å². The maximum atomic E-state index is 12.5. The quantitative estimate of drug-likeness (QED) is 0.458. The molecule has 2 amide bonds. The Kier molecular flexibility index (Phi) is 5.39. The zero-order valence-electron chi connectivity index (χ0n) is 14.9. The van der Waals surface area contributed by atoms with E-state index in [1.54, 1.807) is 30.3 Å². The van der Waals surface area contributed by atoms with Gasteiger partial charge in [0.1, 0.15) is 16.5 Å². The summed E-state index contributed by atoms with van der Waals surface area (Å²) in [5.74, 6) is -1.86. The third kappa shape index (κ3) is 3.61. The molecule has 9 heteroatoms. The second-order valence-electron chi connectivity index (χ2n) is 6.13. The van der Waals surface area contributed by atoms with Crippen LogP contribution in [0.5, 0.6) is 11.5 Å². The fourth-order valence-corrected chi connectivity index (χ4v) is 3.33. The molecule has 0 radical (unpaired) electrons. The van der Waals surface area contributed by atoms with Gasteiger partial charge in [-0.25, -0.2) is 4.79 Å². The Balaban J connectivity index is 1.52. The number of hydrogen-bond acceptors (Lipinski definition) is 5. The minimum atomic E-state index is -0.932. The Morgan fingerprint density at radius 1 is 0.767 bits per heavy atom. The van der Waals surface area contributed by atoms with Crippen LogP contribution in [0.3, 0.4) is 0 Å². The van der Waals surface area contributed by atoms with E-state index in [-0.39, 0.29) is 38.2 Å². The van der Waals surface area contributed by atoms with Crippen LogP contribution < -0.4 is 4.74 Å². The lowest BCUT2D eigenvalue weighted by Gasteiger charge is -2.14. The molecule has 0 saturated carbocycles. The minimum absolute atomic E-state index is 0.0149. The van der Waals surface area contributed by atoms with Gasteiger partial charge in [0.25, 0.3) is 11.8 Å². The zero-order chi connectivity index (χ0) is 21.4. The number of ether oxygens (including phenoxy) is 1. The minimum Gasteiger partial charge on any atom is -0.454 e. The number of rotatable bonds is 4. The predicted molar refractivity (Wildman–Crippen MR) is 110 cm³/mol. The molecule has 6 nitrogen and oxygen atoms in total. The third-order valence-corrected chi connectivity index (χ3v) is 5.33. The van der Waals surface area contributed by atoms with Crippen molar-refractivity contribution in [1.29, 1.82) is 0 Å². The highest BCUT2D eigenvalue weighted by Gasteiger charge is 2.38. The number of benzene rings is 3. The van der Waals surface area contributed by atoms with Gasteiger partial charge in [0.05, 0.1) is 26.7 Å². The lowest BCUT2D eigenvalue weighted by Crippen LogP contribution is -2.32. The summed E-state index contributed by atoms with van der Waals surface area (Å²) < 4.78 is 5.65. The van der Waals surface area contributed by atoms with Crippen LogP contribution in [-0.2, 0) is 4.84 Å². The Labute approximate surface area is 185 Å². The van der Waals surface area contributed by atoms with Gasteiger partial charge in [-0.3, -0.25) is 9.59 Å². The number of nitrogens with zero attached hydrogens (tertiary/aromatic N) is 1. The molecule has 0 aromatic heterocycles. The van der Waals surface area contributed by atoms with Crippen molar-refractivity contribution >= 4 is 52.6 Å². The largest absolute Gasteiger partial charge is 0.454 e. The smallest absolute Gasteiger partial charge is 0.364 e. The van der Waals surface area contributed by atoms with Crippen LogP contribution in [0.2, 0.25) is 15.1 Å². The summed E-state index contributed by atoms with van der Waals surface area (Å²) >= 11 is 18.3. The van der Waals surface area contributed by atoms with Gasteiger partial charge in [-0.1, -0.05) is 58.1 Å². The molecule has 1 heterocycles. The summed E-state index contributed by atoms with van der Waals surface area (Å²) in [6.07, 6.45) is 0. The fraction of sp³-hybridized carbons (Fsp3) is 0. The van der Waals surface area contributed by atoms with Crippen LogP contribution in [0, 0.1) is 0 Å². The molecule has 0 bridgehead atoms. The average molecular weight is 463 g/mol. The predicted octanol–water partition coefficient (Wildman–Crippen LogP) is 5.81. The van der Waals surface area contributed by atoms with Crippen molar-refractivity contribution in [1.82, 2.24) is 5.06 Å². The maximum Gasteiger partial charge on any atom is 0.364 e. The van der Waals surface area contributed by atoms with Gasteiger partial charge in [0.15, 0.2) is 0 Å². The van der Waals surface area contributed by atoms with Crippen molar-refractivity contribution in [2.75, 3.05) is 0 Å². The Morgan fingerprint density at radius 2 is 1.43 bits per heavy atom. The molecule has 0 aliphatic carbocycles. The second-order valence-corrected chi connectivity index (χ2v) is 7.32. The van der Waals surface area contributed by atoms with E-state index in [1.165, 1.54) is 30.3 Å². The molecule has 0 spiro atoms. The van der Waals surface area contributed by atoms with E-state index in [2.05, 4.69) is 0 Å². The summed E-state index contributed by atoms with van der Waals surface area (Å²) in [5.41, 5.74) is 0.340. The van der Waals surface area contributed by atoms with Crippen molar-refractivity contribution < 1.29 is 24.0 Å². The van der Waals surface area contributed by atoms with Gasteiger partial charge in [0, 0.05) is 0 Å². The number of carbonyl (C=O) groups excluding carboxylic acids is 3. The molecular formula is C21H10Cl3NO5. The molecule has 3 aromatic rings. The first-order chi connectivity index (χ1) is 14.4. The molecule has 30 heavy (non-hydrogen) atoms. The zero-order valence-corrected chi connectivity index (χ0v) is 17.2. The van der Waals surface area contributed by atoms with Gasteiger partial charge in [0.2, 0.25) is 0 Å². The van der Waals surface area contributed by atoms with E-state index in [0.717, 1.165) is 0 Å². The van der Waals surface area contributed by atoms with Gasteiger partial charge in [-0.15, -0.1) is 0 Å². The first-order valence-corrected chi connectivity index (χ1v) is 9.61. The van der Waals surface area contributed by atoms with Gasteiger partial charge in [-0.05, 0) is 42.5 Å². The summed E-state index contributed by atoms with van der Waals surface area (Å²) in [6, 6.07) is 15.1. The number of imide groups is 1. The van der Waals surface area contributed by atoms with E-state index in [4.69, 9.17) is 44.4 Å². The first-order valence-electron chi connectivity index (χ1n) is 8.48. The highest BCUT2D eigenvalue weighted by atomic mass is 35.5. The fourth-order valence-electron chi connectivity index (χ4n) is 2.78. The molecule has 0 saturated heterocycles. The molecule has 4 rings (SSSR count). The van der Waals surface area contributed by atoms with E-state index in [1.807, 2.05) is 0 Å². The van der Waals surface area contributed by atoms with Crippen molar-refractivity contribution in [3.05, 3.63) is 92.4 Å². The lowest BCUT2D eigenvalue weighted by atomic mass is 10.1. The number of carbonyl (C=O) groups is 3. The number of amides is 2. The molecule has 0 N–H and O–H groups in total. The molecule has 0 fully saturated rings. The molecule has 1 aliphatic rings. The molecule has 150 valence electrons. The Bertz CT molecular complexity index is 1180. The number of hydroxylamine groups is 2. The Morgan fingerprint density at radius 3 is 2.07 bits per heavy atom. The molecule has 1 aliphatic heterocycles. The standard InChI is InChI=1S/C21H10Cl3NO5/c22-14-6-3-7-17(18(14)24)29-16-9-8-11(10-15(16)23)21(28)30-25-19(26)12-4-1-2-5-13(12)20(25)27/h1-10H. The third-order valence-electron chi connectivity index (χ3n) is 4.23. The van der Waals surface area contributed by atoms with Crippen molar-refractivity contribution in [2.45, 2.75) is 0 Å². The number of halogens is 3. The van der Waals surface area contributed by atoms with E-state index >= 15 is 0 Å². The van der Waals surface area contributed by atoms with Gasteiger partial charge in [-0.2, -0.15) is 0 Å². The molecular weight excluding hydrogens is 453 g/mol. The van der Waals surface area contributed by atoms with Crippen LogP contribution >= 0.6 is 34.8 Å². The van der Waals surface area contributed by atoms with Gasteiger partial charge < -0.3 is 9.57 Å². The summed E-state index contributed by atoms with van der Waals surface area (Å²) in [6.45, 7) is 0. The Hall–Kier alpha value is -3.06. The van der Waals surface area contributed by atoms with Crippen LogP contribution in [-0.4, -0.2) is 22.8 Å². The van der Waals surface area contributed by atoms with E-state index in [0.29, 0.717) is 10.1 Å². The molecule has 0 unspecified atom stereocenters. The molecule has 3 aromatic carbocycles. The topological polar surface area (TPSA) is 72.9 Å². The van der Waals surface area contributed by atoms with Gasteiger partial charge >= 0.3 is 5.97 Å². The van der Waals surface area contributed by atoms with Crippen molar-refractivity contribution in [3.63, 3.8) is 0 Å². The van der Waals surface area contributed by atoms with E-state index in [9.17, 15) is 14.4 Å². The normalized spacial score (nSPS) is 12.7. The summed E-state index contributed by atoms with van der Waals surface area (Å²) in [7, 11) is 0. The highest BCUT2D eigenvalue weighted by Crippen LogP contribution is 2.37. The summed E-state index contributed by atoms with van der Waals surface area (Å²) in [4.78, 5) is 42.1. The number of hydrogen-bond donors (Lipinski definition) is 0. The van der Waals surface area contributed by atoms with Crippen LogP contribution in [0.15, 0.2) is 60.7 Å². The number of fused-ring (bicyclic) bond motifs is 1. The van der Waals surface area contributed by atoms with Crippen LogP contribution in [0.25, 0.3) is 0 Å². The van der Waals surface area contributed by atoms with E-state index < -0.39 is 17.8 Å². The van der Waals surface area contributed by atoms with Crippen LogP contribution in [0.1, 0.15) is 31.1 Å². The lowest BCUT2D eigenvalue weighted by molar-refractivity contribution is -0.0584. The maximum absolute atomic E-state index is 12.5.